The van der Waals surface area contributed by atoms with Crippen LogP contribution in [0.25, 0.3) is 0 Å². The van der Waals surface area contributed by atoms with Crippen LogP contribution in [0.2, 0.25) is 0 Å². The van der Waals surface area contributed by atoms with Crippen LogP contribution in [-0.4, -0.2) is 41.6 Å². The van der Waals surface area contributed by atoms with Crippen LogP contribution in [0.1, 0.15) is 44.0 Å². The highest BCUT2D eigenvalue weighted by Crippen LogP contribution is 2.24. The normalized spacial score (nSPS) is 15.7. The van der Waals surface area contributed by atoms with Gasteiger partial charge < -0.3 is 10.2 Å². The first kappa shape index (κ1) is 17.9. The summed E-state index contributed by atoms with van der Waals surface area (Å²) in [5.41, 5.74) is 0.652. The Bertz CT molecular complexity index is 554. The lowest BCUT2D eigenvalue weighted by molar-refractivity contribution is -0.127. The molecule has 1 aromatic rings. The SMILES string of the molecule is CC(C)C(C)NC(=O)c1ccccc1SCC(=O)N1CCCC1. The predicted octanol–water partition coefficient (Wildman–Crippen LogP) is 3.18. The van der Waals surface area contributed by atoms with Crippen LogP contribution in [0.5, 0.6) is 0 Å². The molecule has 1 aliphatic rings. The second kappa shape index (κ2) is 8.39. The third-order valence-corrected chi connectivity index (χ3v) is 5.36. The molecule has 1 N–H and O–H groups in total. The fraction of sp³-hybridized carbons (Fsp3) is 0.556. The van der Waals surface area contributed by atoms with Crippen LogP contribution in [-0.2, 0) is 4.79 Å². The molecule has 4 nitrogen and oxygen atoms in total. The molecule has 1 saturated heterocycles. The maximum absolute atomic E-state index is 12.5. The van der Waals surface area contributed by atoms with E-state index in [0.29, 0.717) is 17.2 Å². The number of carbonyl (C=O) groups is 2. The second-order valence-electron chi connectivity index (χ2n) is 6.38. The van der Waals surface area contributed by atoms with Crippen molar-refractivity contribution in [2.75, 3.05) is 18.8 Å². The van der Waals surface area contributed by atoms with Crippen molar-refractivity contribution in [3.63, 3.8) is 0 Å². The molecule has 1 heterocycles. The first-order chi connectivity index (χ1) is 11.0. The van der Waals surface area contributed by atoms with E-state index in [1.54, 1.807) is 0 Å². The minimum Gasteiger partial charge on any atom is -0.349 e. The molecule has 2 rings (SSSR count). The first-order valence-corrected chi connectivity index (χ1v) is 9.28. The fourth-order valence-corrected chi connectivity index (χ4v) is 3.38. The number of likely N-dealkylation sites (tertiary alicyclic amines) is 1. The van der Waals surface area contributed by atoms with E-state index in [9.17, 15) is 9.59 Å². The van der Waals surface area contributed by atoms with E-state index in [2.05, 4.69) is 19.2 Å². The Hall–Kier alpha value is -1.49. The van der Waals surface area contributed by atoms with Crippen LogP contribution in [0.4, 0.5) is 0 Å². The van der Waals surface area contributed by atoms with Gasteiger partial charge in [-0.3, -0.25) is 9.59 Å². The van der Waals surface area contributed by atoms with Gasteiger partial charge in [-0.15, -0.1) is 11.8 Å². The van der Waals surface area contributed by atoms with Gasteiger partial charge in [0.25, 0.3) is 5.91 Å². The number of thioether (sulfide) groups is 1. The fourth-order valence-electron chi connectivity index (χ4n) is 2.43. The van der Waals surface area contributed by atoms with Crippen molar-refractivity contribution in [2.45, 2.75) is 44.6 Å². The van der Waals surface area contributed by atoms with Gasteiger partial charge in [0.15, 0.2) is 0 Å². The number of amides is 2. The van der Waals surface area contributed by atoms with Crippen molar-refractivity contribution < 1.29 is 9.59 Å². The maximum atomic E-state index is 12.5. The monoisotopic (exact) mass is 334 g/mol. The van der Waals surface area contributed by atoms with Gasteiger partial charge in [0.2, 0.25) is 5.91 Å². The molecule has 2 amide bonds. The molecule has 1 fully saturated rings. The minimum atomic E-state index is -0.0667. The molecular formula is C18H26N2O2S. The Kier molecular flexibility index (Phi) is 6.51. The van der Waals surface area contributed by atoms with Crippen LogP contribution in [0.3, 0.4) is 0 Å². The summed E-state index contributed by atoms with van der Waals surface area (Å²) in [6.07, 6.45) is 2.20. The topological polar surface area (TPSA) is 49.4 Å². The van der Waals surface area contributed by atoms with E-state index in [0.717, 1.165) is 30.8 Å². The molecule has 1 aromatic carbocycles. The molecule has 126 valence electrons. The van der Waals surface area contributed by atoms with E-state index in [-0.39, 0.29) is 17.9 Å². The van der Waals surface area contributed by atoms with E-state index in [1.807, 2.05) is 36.1 Å². The van der Waals surface area contributed by atoms with Crippen molar-refractivity contribution in [3.05, 3.63) is 29.8 Å². The Balaban J connectivity index is 1.99. The Morgan fingerprint density at radius 3 is 2.48 bits per heavy atom. The molecule has 0 aliphatic carbocycles. The van der Waals surface area contributed by atoms with Crippen molar-refractivity contribution >= 4 is 23.6 Å². The summed E-state index contributed by atoms with van der Waals surface area (Å²) in [4.78, 5) is 27.4. The summed E-state index contributed by atoms with van der Waals surface area (Å²) in [6.45, 7) is 7.91. The molecule has 0 spiro atoms. The van der Waals surface area contributed by atoms with Crippen molar-refractivity contribution in [2.24, 2.45) is 5.92 Å². The molecule has 1 unspecified atom stereocenters. The third-order valence-electron chi connectivity index (χ3n) is 4.30. The number of nitrogens with zero attached hydrogens (tertiary/aromatic N) is 1. The lowest BCUT2D eigenvalue weighted by atomic mass is 10.1. The number of hydrogen-bond acceptors (Lipinski definition) is 3. The molecular weight excluding hydrogens is 308 g/mol. The molecule has 23 heavy (non-hydrogen) atoms. The Labute approximate surface area is 143 Å². The molecule has 1 aliphatic heterocycles. The van der Waals surface area contributed by atoms with Gasteiger partial charge in [-0.25, -0.2) is 0 Å². The zero-order valence-electron chi connectivity index (χ0n) is 14.2. The zero-order chi connectivity index (χ0) is 16.8. The average molecular weight is 334 g/mol. The van der Waals surface area contributed by atoms with Gasteiger partial charge in [-0.1, -0.05) is 26.0 Å². The highest BCUT2D eigenvalue weighted by atomic mass is 32.2. The first-order valence-electron chi connectivity index (χ1n) is 8.29. The molecule has 0 bridgehead atoms. The van der Waals surface area contributed by atoms with E-state index >= 15 is 0 Å². The number of rotatable bonds is 6. The summed E-state index contributed by atoms with van der Waals surface area (Å²) in [7, 11) is 0. The molecule has 1 atom stereocenters. The van der Waals surface area contributed by atoms with Crippen molar-refractivity contribution in [1.29, 1.82) is 0 Å². The number of nitrogens with one attached hydrogen (secondary N) is 1. The molecule has 5 heteroatoms. The standard InChI is InChI=1S/C18H26N2O2S/c1-13(2)14(3)19-18(22)15-8-4-5-9-16(15)23-12-17(21)20-10-6-7-11-20/h4-5,8-9,13-14H,6-7,10-12H2,1-3H3,(H,19,22). The van der Waals surface area contributed by atoms with E-state index in [1.165, 1.54) is 11.8 Å². The summed E-state index contributed by atoms with van der Waals surface area (Å²) < 4.78 is 0. The van der Waals surface area contributed by atoms with Gasteiger partial charge in [0, 0.05) is 24.0 Å². The van der Waals surface area contributed by atoms with E-state index < -0.39 is 0 Å². The van der Waals surface area contributed by atoms with Crippen LogP contribution in [0.15, 0.2) is 29.2 Å². The summed E-state index contributed by atoms with van der Waals surface area (Å²) in [6, 6.07) is 7.63. The van der Waals surface area contributed by atoms with Gasteiger partial charge in [0.05, 0.1) is 11.3 Å². The summed E-state index contributed by atoms with van der Waals surface area (Å²) in [5, 5.41) is 3.03. The zero-order valence-corrected chi connectivity index (χ0v) is 15.0. The third kappa shape index (κ3) is 4.99. The van der Waals surface area contributed by atoms with Crippen molar-refractivity contribution in [1.82, 2.24) is 10.2 Å². The van der Waals surface area contributed by atoms with Crippen LogP contribution in [0, 0.1) is 5.92 Å². The van der Waals surface area contributed by atoms with Crippen LogP contribution >= 0.6 is 11.8 Å². The molecule has 0 saturated carbocycles. The molecule has 0 radical (unpaired) electrons. The second-order valence-corrected chi connectivity index (χ2v) is 7.40. The number of benzene rings is 1. The Morgan fingerprint density at radius 1 is 1.17 bits per heavy atom. The van der Waals surface area contributed by atoms with Gasteiger partial charge in [-0.05, 0) is 37.8 Å². The smallest absolute Gasteiger partial charge is 0.252 e. The summed E-state index contributed by atoms with van der Waals surface area (Å²) in [5.74, 6) is 0.876. The molecule has 0 aromatic heterocycles. The highest BCUT2D eigenvalue weighted by Gasteiger charge is 2.20. The highest BCUT2D eigenvalue weighted by molar-refractivity contribution is 8.00. The largest absolute Gasteiger partial charge is 0.349 e. The van der Waals surface area contributed by atoms with Gasteiger partial charge in [-0.2, -0.15) is 0 Å². The minimum absolute atomic E-state index is 0.0667. The lowest BCUT2D eigenvalue weighted by Crippen LogP contribution is -2.36. The number of hydrogen-bond donors (Lipinski definition) is 1. The lowest BCUT2D eigenvalue weighted by Gasteiger charge is -2.19. The number of carbonyl (C=O) groups excluding carboxylic acids is 2. The Morgan fingerprint density at radius 2 is 1.83 bits per heavy atom. The average Bonchev–Trinajstić information content (AvgIpc) is 3.07. The maximum Gasteiger partial charge on any atom is 0.252 e. The van der Waals surface area contributed by atoms with Gasteiger partial charge in [0.1, 0.15) is 0 Å². The quantitative estimate of drug-likeness (QED) is 0.813. The van der Waals surface area contributed by atoms with Crippen LogP contribution < -0.4 is 5.32 Å². The van der Waals surface area contributed by atoms with E-state index in [4.69, 9.17) is 0 Å². The van der Waals surface area contributed by atoms with Gasteiger partial charge >= 0.3 is 0 Å². The summed E-state index contributed by atoms with van der Waals surface area (Å²) >= 11 is 1.45. The van der Waals surface area contributed by atoms with Crippen molar-refractivity contribution in [3.8, 4) is 0 Å². The predicted molar refractivity (Wildman–Crippen MR) is 94.7 cm³/mol.